The largest absolute Gasteiger partial charge is 0.383 e. The van der Waals surface area contributed by atoms with E-state index in [0.717, 1.165) is 36.2 Å². The monoisotopic (exact) mass is 259 g/mol. The van der Waals surface area contributed by atoms with Crippen molar-refractivity contribution in [1.29, 1.82) is 0 Å². The number of rotatable bonds is 1. The summed E-state index contributed by atoms with van der Waals surface area (Å²) in [4.78, 5) is 0. The molecule has 14 heavy (non-hydrogen) atoms. The second kappa shape index (κ2) is 3.90. The lowest BCUT2D eigenvalue weighted by Crippen LogP contribution is -2.23. The number of nitrogen functional groups attached to an aromatic ring is 1. The smallest absolute Gasteiger partial charge is 0.136 e. The van der Waals surface area contributed by atoms with Gasteiger partial charge in [-0.25, -0.2) is 4.68 Å². The van der Waals surface area contributed by atoms with Crippen LogP contribution in [0, 0.1) is 6.92 Å². The summed E-state index contributed by atoms with van der Waals surface area (Å²) in [6.07, 6.45) is 2.18. The predicted octanol–water partition coefficient (Wildman–Crippen LogP) is 1.89. The van der Waals surface area contributed by atoms with Gasteiger partial charge in [0, 0.05) is 6.61 Å². The van der Waals surface area contributed by atoms with Gasteiger partial charge in [-0.1, -0.05) is 0 Å². The van der Waals surface area contributed by atoms with Crippen LogP contribution in [0.1, 0.15) is 24.6 Å². The minimum absolute atomic E-state index is 0.300. The molecule has 5 heteroatoms. The first-order valence-corrected chi connectivity index (χ1v) is 5.57. The molecule has 0 aromatic carbocycles. The van der Waals surface area contributed by atoms with E-state index >= 15 is 0 Å². The molecule has 1 saturated heterocycles. The van der Waals surface area contributed by atoms with E-state index in [9.17, 15) is 0 Å². The Bertz CT molecular complexity index is 331. The van der Waals surface area contributed by atoms with Crippen LogP contribution < -0.4 is 5.73 Å². The van der Waals surface area contributed by atoms with Crippen molar-refractivity contribution in [3.63, 3.8) is 0 Å². The maximum Gasteiger partial charge on any atom is 0.136 e. The zero-order valence-electron chi connectivity index (χ0n) is 8.16. The number of anilines is 1. The normalized spacial score (nSPS) is 22.6. The van der Waals surface area contributed by atoms with Crippen LogP contribution in [-0.4, -0.2) is 23.0 Å². The van der Waals surface area contributed by atoms with Crippen LogP contribution >= 0.6 is 15.9 Å². The summed E-state index contributed by atoms with van der Waals surface area (Å²) >= 11 is 3.42. The number of halogens is 1. The molecule has 1 aliphatic heterocycles. The first-order valence-electron chi connectivity index (χ1n) is 4.78. The van der Waals surface area contributed by atoms with E-state index in [1.165, 1.54) is 0 Å². The van der Waals surface area contributed by atoms with Crippen molar-refractivity contribution in [2.24, 2.45) is 0 Å². The third-order valence-corrected chi connectivity index (χ3v) is 3.51. The third kappa shape index (κ3) is 1.66. The van der Waals surface area contributed by atoms with E-state index in [4.69, 9.17) is 10.5 Å². The van der Waals surface area contributed by atoms with Crippen LogP contribution in [0.2, 0.25) is 0 Å². The molecular formula is C9H14BrN3O. The van der Waals surface area contributed by atoms with Gasteiger partial charge in [-0.3, -0.25) is 0 Å². The number of ether oxygens (including phenoxy) is 1. The molecule has 78 valence electrons. The van der Waals surface area contributed by atoms with E-state index < -0.39 is 0 Å². The SMILES string of the molecule is Cc1nn(C2CCCOC2)c(N)c1Br. The molecule has 1 atom stereocenters. The van der Waals surface area contributed by atoms with Crippen LogP contribution in [0.15, 0.2) is 4.47 Å². The molecule has 2 N–H and O–H groups in total. The minimum atomic E-state index is 0.300. The second-order valence-corrected chi connectivity index (χ2v) is 4.39. The first-order chi connectivity index (χ1) is 6.70. The summed E-state index contributed by atoms with van der Waals surface area (Å²) in [7, 11) is 0. The zero-order chi connectivity index (χ0) is 10.1. The lowest BCUT2D eigenvalue weighted by Gasteiger charge is -2.23. The molecule has 1 aromatic heterocycles. The Morgan fingerprint density at radius 3 is 2.93 bits per heavy atom. The number of nitrogens with zero attached hydrogens (tertiary/aromatic N) is 2. The molecule has 1 unspecified atom stereocenters. The molecule has 2 heterocycles. The first kappa shape index (κ1) is 9.98. The van der Waals surface area contributed by atoms with Gasteiger partial charge in [-0.05, 0) is 35.7 Å². The summed E-state index contributed by atoms with van der Waals surface area (Å²) in [6.45, 7) is 3.52. The molecule has 1 aliphatic rings. The Morgan fingerprint density at radius 1 is 1.64 bits per heavy atom. The number of nitrogens with two attached hydrogens (primary N) is 1. The van der Waals surface area contributed by atoms with Gasteiger partial charge in [0.05, 0.1) is 22.8 Å². The van der Waals surface area contributed by atoms with Gasteiger partial charge in [-0.2, -0.15) is 5.10 Å². The molecular weight excluding hydrogens is 246 g/mol. The van der Waals surface area contributed by atoms with Crippen molar-refractivity contribution in [3.8, 4) is 0 Å². The van der Waals surface area contributed by atoms with Crippen LogP contribution in [0.5, 0.6) is 0 Å². The fourth-order valence-corrected chi connectivity index (χ4v) is 2.00. The Balaban J connectivity index is 2.26. The molecule has 1 fully saturated rings. The Morgan fingerprint density at radius 2 is 2.43 bits per heavy atom. The topological polar surface area (TPSA) is 53.1 Å². The van der Waals surface area contributed by atoms with E-state index in [1.54, 1.807) is 0 Å². The van der Waals surface area contributed by atoms with Crippen molar-refractivity contribution in [2.75, 3.05) is 18.9 Å². The molecule has 1 aromatic rings. The van der Waals surface area contributed by atoms with Crippen LogP contribution in [0.4, 0.5) is 5.82 Å². The third-order valence-electron chi connectivity index (χ3n) is 2.53. The summed E-state index contributed by atoms with van der Waals surface area (Å²) < 4.78 is 8.19. The predicted molar refractivity (Wildman–Crippen MR) is 58.2 cm³/mol. The van der Waals surface area contributed by atoms with Gasteiger partial charge >= 0.3 is 0 Å². The Labute approximate surface area is 91.5 Å². The molecule has 4 nitrogen and oxygen atoms in total. The summed E-state index contributed by atoms with van der Waals surface area (Å²) in [5.41, 5.74) is 6.87. The molecule has 0 aliphatic carbocycles. The van der Waals surface area contributed by atoms with Crippen LogP contribution in [0.25, 0.3) is 0 Å². The van der Waals surface area contributed by atoms with Crippen molar-refractivity contribution in [3.05, 3.63) is 10.2 Å². The highest BCUT2D eigenvalue weighted by Gasteiger charge is 2.20. The standard InChI is InChI=1S/C9H14BrN3O/c1-6-8(10)9(11)13(12-6)7-3-2-4-14-5-7/h7H,2-5,11H2,1H3. The molecule has 0 saturated carbocycles. The fraction of sp³-hybridized carbons (Fsp3) is 0.667. The van der Waals surface area contributed by atoms with E-state index in [2.05, 4.69) is 21.0 Å². The summed E-state index contributed by atoms with van der Waals surface area (Å²) in [6, 6.07) is 0.300. The minimum Gasteiger partial charge on any atom is -0.383 e. The number of aryl methyl sites for hydroxylation is 1. The highest BCUT2D eigenvalue weighted by Crippen LogP contribution is 2.28. The average Bonchev–Trinajstić information content (AvgIpc) is 2.47. The zero-order valence-corrected chi connectivity index (χ0v) is 9.75. The quantitative estimate of drug-likeness (QED) is 0.838. The summed E-state index contributed by atoms with van der Waals surface area (Å²) in [5, 5.41) is 4.40. The average molecular weight is 260 g/mol. The number of hydrogen-bond donors (Lipinski definition) is 1. The van der Waals surface area contributed by atoms with Gasteiger partial charge in [0.1, 0.15) is 5.82 Å². The number of aromatic nitrogens is 2. The highest BCUT2D eigenvalue weighted by molar-refractivity contribution is 9.10. The van der Waals surface area contributed by atoms with Crippen molar-refractivity contribution < 1.29 is 4.74 Å². The van der Waals surface area contributed by atoms with E-state index in [-0.39, 0.29) is 0 Å². The summed E-state index contributed by atoms with van der Waals surface area (Å²) in [5.74, 6) is 0.706. The molecule has 0 spiro atoms. The molecule has 0 radical (unpaired) electrons. The molecule has 0 bridgehead atoms. The maximum atomic E-state index is 5.93. The van der Waals surface area contributed by atoms with Gasteiger partial charge < -0.3 is 10.5 Å². The van der Waals surface area contributed by atoms with E-state index in [1.807, 2.05) is 11.6 Å². The van der Waals surface area contributed by atoms with Crippen molar-refractivity contribution >= 4 is 21.7 Å². The Kier molecular flexibility index (Phi) is 2.78. The van der Waals surface area contributed by atoms with Gasteiger partial charge in [0.2, 0.25) is 0 Å². The number of hydrogen-bond acceptors (Lipinski definition) is 3. The van der Waals surface area contributed by atoms with Crippen LogP contribution in [-0.2, 0) is 4.74 Å². The lowest BCUT2D eigenvalue weighted by molar-refractivity contribution is 0.0556. The molecule has 0 amide bonds. The van der Waals surface area contributed by atoms with Crippen molar-refractivity contribution in [1.82, 2.24) is 9.78 Å². The van der Waals surface area contributed by atoms with Crippen molar-refractivity contribution in [2.45, 2.75) is 25.8 Å². The Hall–Kier alpha value is -0.550. The van der Waals surface area contributed by atoms with Gasteiger partial charge in [0.15, 0.2) is 0 Å². The lowest BCUT2D eigenvalue weighted by atomic mass is 10.1. The van der Waals surface area contributed by atoms with Crippen LogP contribution in [0.3, 0.4) is 0 Å². The van der Waals surface area contributed by atoms with Gasteiger partial charge in [0.25, 0.3) is 0 Å². The molecule has 2 rings (SSSR count). The second-order valence-electron chi connectivity index (χ2n) is 3.60. The van der Waals surface area contributed by atoms with Gasteiger partial charge in [-0.15, -0.1) is 0 Å². The highest BCUT2D eigenvalue weighted by atomic mass is 79.9. The fourth-order valence-electron chi connectivity index (χ4n) is 1.74. The van der Waals surface area contributed by atoms with E-state index in [0.29, 0.717) is 11.9 Å². The maximum absolute atomic E-state index is 5.93.